The van der Waals surface area contributed by atoms with Gasteiger partial charge in [-0.3, -0.25) is 14.3 Å². The molecular weight excluding hydrogens is 398 g/mol. The number of β-amino-alcohol motifs (C(OH)–C–C–N with tert-alkyl or cyclic N) is 1. The Labute approximate surface area is 180 Å². The summed E-state index contributed by atoms with van der Waals surface area (Å²) in [5, 5.41) is 11.8. The van der Waals surface area contributed by atoms with Crippen molar-refractivity contribution < 1.29 is 9.84 Å². The first-order valence-electron chi connectivity index (χ1n) is 10.2. The quantitative estimate of drug-likeness (QED) is 0.484. The Balaban J connectivity index is 1.67. The van der Waals surface area contributed by atoms with Crippen molar-refractivity contribution in [2.24, 2.45) is 0 Å². The first kappa shape index (κ1) is 21.1. The van der Waals surface area contributed by atoms with E-state index in [9.17, 15) is 9.90 Å². The van der Waals surface area contributed by atoms with Crippen LogP contribution >= 0.6 is 11.8 Å². The van der Waals surface area contributed by atoms with Gasteiger partial charge in [-0.25, -0.2) is 4.98 Å². The minimum Gasteiger partial charge on any atom is -0.391 e. The van der Waals surface area contributed by atoms with Crippen LogP contribution in [0.5, 0.6) is 0 Å². The minimum absolute atomic E-state index is 0.0838. The van der Waals surface area contributed by atoms with Gasteiger partial charge in [-0.05, 0) is 43.2 Å². The molecule has 0 unspecified atom stereocenters. The smallest absolute Gasteiger partial charge is 0.266 e. The lowest BCUT2D eigenvalue weighted by atomic mass is 10.1. The molecule has 0 bridgehead atoms. The van der Waals surface area contributed by atoms with Crippen LogP contribution in [0.4, 0.5) is 0 Å². The molecule has 0 aliphatic carbocycles. The molecule has 30 heavy (non-hydrogen) atoms. The number of rotatable bonds is 6. The molecule has 1 aromatic heterocycles. The number of nitrogens with zero attached hydrogens (tertiary/aromatic N) is 3. The first-order chi connectivity index (χ1) is 14.5. The summed E-state index contributed by atoms with van der Waals surface area (Å²) >= 11 is 1.43. The maximum atomic E-state index is 13.4. The lowest BCUT2D eigenvalue weighted by molar-refractivity contribution is 0.0188. The number of hydrogen-bond donors (Lipinski definition) is 1. The first-order valence-corrected chi connectivity index (χ1v) is 11.2. The molecule has 4 rings (SSSR count). The van der Waals surface area contributed by atoms with Gasteiger partial charge in [0.25, 0.3) is 5.56 Å². The molecule has 3 aromatic rings. The molecule has 1 aliphatic rings. The molecule has 158 valence electrons. The zero-order valence-electron chi connectivity index (χ0n) is 17.4. The highest BCUT2D eigenvalue weighted by Crippen LogP contribution is 2.25. The Morgan fingerprint density at radius 2 is 1.90 bits per heavy atom. The molecule has 2 aromatic carbocycles. The molecule has 0 radical (unpaired) electrons. The Bertz CT molecular complexity index is 1090. The number of benzene rings is 2. The highest BCUT2D eigenvalue weighted by Gasteiger charge is 2.19. The zero-order chi connectivity index (χ0) is 21.1. The summed E-state index contributed by atoms with van der Waals surface area (Å²) in [4.78, 5) is 20.4. The molecule has 1 aliphatic heterocycles. The molecule has 1 fully saturated rings. The van der Waals surface area contributed by atoms with Crippen molar-refractivity contribution in [3.63, 3.8) is 0 Å². The van der Waals surface area contributed by atoms with Crippen molar-refractivity contribution in [1.29, 1.82) is 0 Å². The predicted octanol–water partition coefficient (Wildman–Crippen LogP) is 2.79. The van der Waals surface area contributed by atoms with Gasteiger partial charge in [-0.15, -0.1) is 0 Å². The van der Waals surface area contributed by atoms with Crippen LogP contribution < -0.4 is 5.56 Å². The maximum absolute atomic E-state index is 13.4. The van der Waals surface area contributed by atoms with E-state index in [4.69, 9.17) is 9.72 Å². The van der Waals surface area contributed by atoms with Crippen molar-refractivity contribution in [2.75, 3.05) is 38.6 Å². The summed E-state index contributed by atoms with van der Waals surface area (Å²) in [6.07, 6.45) is -0.511. The van der Waals surface area contributed by atoms with Crippen LogP contribution in [0.25, 0.3) is 16.6 Å². The number of morpholine rings is 1. The molecule has 1 N–H and O–H groups in total. The molecular formula is C23H27N3O3S. The Morgan fingerprint density at radius 1 is 1.13 bits per heavy atom. The van der Waals surface area contributed by atoms with E-state index in [2.05, 4.69) is 4.90 Å². The molecule has 0 saturated carbocycles. The topological polar surface area (TPSA) is 67.6 Å². The fourth-order valence-corrected chi connectivity index (χ4v) is 4.62. The van der Waals surface area contributed by atoms with E-state index in [0.29, 0.717) is 41.6 Å². The number of hydrogen-bond acceptors (Lipinski definition) is 6. The van der Waals surface area contributed by atoms with Gasteiger partial charge in [0.1, 0.15) is 0 Å². The van der Waals surface area contributed by atoms with E-state index in [1.807, 2.05) is 56.3 Å². The standard InChI is InChI=1S/C23H27N3O3S/c1-16-6-5-9-21(17(16)2)26-22(28)19-7-3-4-8-20(19)24-23(26)30-15-18(27)14-25-10-12-29-13-11-25/h3-9,18,27H,10-15H2,1-2H3/t18-/m1/s1. The van der Waals surface area contributed by atoms with E-state index in [0.717, 1.165) is 29.9 Å². The second-order valence-corrected chi connectivity index (χ2v) is 8.64. The molecule has 0 amide bonds. The van der Waals surface area contributed by atoms with Crippen molar-refractivity contribution in [1.82, 2.24) is 14.5 Å². The van der Waals surface area contributed by atoms with Gasteiger partial charge in [0, 0.05) is 25.4 Å². The Hall–Kier alpha value is -2.19. The Morgan fingerprint density at radius 3 is 2.70 bits per heavy atom. The van der Waals surface area contributed by atoms with Crippen LogP contribution in [0.3, 0.4) is 0 Å². The summed E-state index contributed by atoms with van der Waals surface area (Å²) in [7, 11) is 0. The van der Waals surface area contributed by atoms with Gasteiger partial charge in [0.05, 0.1) is 35.9 Å². The number of para-hydroxylation sites is 1. The number of aromatic nitrogens is 2. The number of aryl methyl sites for hydroxylation is 1. The van der Waals surface area contributed by atoms with Gasteiger partial charge < -0.3 is 9.84 Å². The number of fused-ring (bicyclic) bond motifs is 1. The SMILES string of the molecule is Cc1cccc(-n2c(SC[C@H](O)CN3CCOCC3)nc3ccccc3c2=O)c1C. The van der Waals surface area contributed by atoms with Crippen molar-refractivity contribution >= 4 is 22.7 Å². The van der Waals surface area contributed by atoms with Crippen LogP contribution in [-0.4, -0.2) is 64.3 Å². The van der Waals surface area contributed by atoms with E-state index in [1.165, 1.54) is 11.8 Å². The van der Waals surface area contributed by atoms with E-state index in [1.54, 1.807) is 4.57 Å². The highest BCUT2D eigenvalue weighted by molar-refractivity contribution is 7.99. The zero-order valence-corrected chi connectivity index (χ0v) is 18.2. The van der Waals surface area contributed by atoms with Crippen molar-refractivity contribution in [3.8, 4) is 5.69 Å². The Kier molecular flexibility index (Phi) is 6.53. The molecule has 1 saturated heterocycles. The van der Waals surface area contributed by atoms with Crippen molar-refractivity contribution in [3.05, 3.63) is 63.9 Å². The lowest BCUT2D eigenvalue weighted by Crippen LogP contribution is -2.41. The van der Waals surface area contributed by atoms with Gasteiger partial charge in [-0.2, -0.15) is 0 Å². The third-order valence-corrected chi connectivity index (χ3v) is 6.62. The van der Waals surface area contributed by atoms with Gasteiger partial charge in [-0.1, -0.05) is 36.0 Å². The highest BCUT2D eigenvalue weighted by atomic mass is 32.2. The van der Waals surface area contributed by atoms with E-state index in [-0.39, 0.29) is 5.56 Å². The van der Waals surface area contributed by atoms with Gasteiger partial charge in [0.15, 0.2) is 5.16 Å². The summed E-state index contributed by atoms with van der Waals surface area (Å²) in [6.45, 7) is 7.74. The third kappa shape index (κ3) is 4.44. The van der Waals surface area contributed by atoms with Crippen LogP contribution in [0.1, 0.15) is 11.1 Å². The fourth-order valence-electron chi connectivity index (χ4n) is 3.70. The lowest BCUT2D eigenvalue weighted by Gasteiger charge is -2.28. The van der Waals surface area contributed by atoms with Gasteiger partial charge >= 0.3 is 0 Å². The van der Waals surface area contributed by atoms with E-state index < -0.39 is 6.10 Å². The summed E-state index contributed by atoms with van der Waals surface area (Å²) in [5.74, 6) is 0.465. The monoisotopic (exact) mass is 425 g/mol. The van der Waals surface area contributed by atoms with Crippen LogP contribution in [0.15, 0.2) is 52.4 Å². The predicted molar refractivity (Wildman–Crippen MR) is 121 cm³/mol. The van der Waals surface area contributed by atoms with Crippen LogP contribution in [0.2, 0.25) is 0 Å². The van der Waals surface area contributed by atoms with Gasteiger partial charge in [0.2, 0.25) is 0 Å². The van der Waals surface area contributed by atoms with Crippen molar-refractivity contribution in [2.45, 2.75) is 25.1 Å². The number of aliphatic hydroxyl groups excluding tert-OH is 1. The normalized spacial score (nSPS) is 16.1. The second kappa shape index (κ2) is 9.31. The number of ether oxygens (including phenoxy) is 1. The average Bonchev–Trinajstić information content (AvgIpc) is 2.75. The summed E-state index contributed by atoms with van der Waals surface area (Å²) in [6, 6.07) is 13.4. The molecule has 7 heteroatoms. The molecule has 6 nitrogen and oxygen atoms in total. The minimum atomic E-state index is -0.511. The third-order valence-electron chi connectivity index (χ3n) is 5.54. The summed E-state index contributed by atoms with van der Waals surface area (Å²) < 4.78 is 7.06. The average molecular weight is 426 g/mol. The summed E-state index contributed by atoms with van der Waals surface area (Å²) in [5.41, 5.74) is 3.60. The maximum Gasteiger partial charge on any atom is 0.266 e. The van der Waals surface area contributed by atoms with Crippen LogP contribution in [-0.2, 0) is 4.74 Å². The molecule has 2 heterocycles. The second-order valence-electron chi connectivity index (χ2n) is 7.65. The fraction of sp³-hybridized carbons (Fsp3) is 0.391. The van der Waals surface area contributed by atoms with E-state index >= 15 is 0 Å². The number of thioether (sulfide) groups is 1. The molecule has 0 spiro atoms. The number of aliphatic hydroxyl groups is 1. The largest absolute Gasteiger partial charge is 0.391 e. The van der Waals surface area contributed by atoms with Crippen LogP contribution in [0, 0.1) is 13.8 Å². The molecule has 1 atom stereocenters.